The fourth-order valence-electron chi connectivity index (χ4n) is 3.76. The number of Topliss-reactive ketones (excluding diaryl/α,β-unsaturated/α-hetero) is 1. The van der Waals surface area contributed by atoms with Gasteiger partial charge < -0.3 is 4.74 Å². The summed E-state index contributed by atoms with van der Waals surface area (Å²) in [4.78, 5) is 35.2. The monoisotopic (exact) mass is 518 g/mol. The topological polar surface area (TPSA) is 96.3 Å². The van der Waals surface area contributed by atoms with E-state index in [1.54, 1.807) is 16.5 Å². The van der Waals surface area contributed by atoms with Gasteiger partial charge in [0.2, 0.25) is 9.93 Å². The van der Waals surface area contributed by atoms with Crippen molar-refractivity contribution < 1.29 is 9.53 Å². The highest BCUT2D eigenvalue weighted by Gasteiger charge is 2.20. The van der Waals surface area contributed by atoms with Crippen molar-refractivity contribution in [2.24, 2.45) is 12.0 Å². The van der Waals surface area contributed by atoms with Gasteiger partial charge in [0, 0.05) is 25.0 Å². The molecule has 0 saturated heterocycles. The van der Waals surface area contributed by atoms with Gasteiger partial charge in [-0.25, -0.2) is 14.3 Å². The Hall–Kier alpha value is -4.09. The van der Waals surface area contributed by atoms with Gasteiger partial charge >= 0.3 is 0 Å². The Labute approximate surface area is 214 Å². The van der Waals surface area contributed by atoms with Gasteiger partial charge in [0.05, 0.1) is 29.7 Å². The van der Waals surface area contributed by atoms with Gasteiger partial charge in [-0.1, -0.05) is 29.5 Å². The molecule has 0 aliphatic rings. The van der Waals surface area contributed by atoms with Crippen LogP contribution in [0.2, 0.25) is 0 Å². The first kappa shape index (κ1) is 23.6. The van der Waals surface area contributed by atoms with E-state index in [1.165, 1.54) is 29.6 Å². The molecular formula is C25H22N6O3S2. The van der Waals surface area contributed by atoms with Gasteiger partial charge in [-0.3, -0.25) is 14.3 Å². The summed E-state index contributed by atoms with van der Waals surface area (Å²) in [6.45, 7) is 3.37. The zero-order valence-electron chi connectivity index (χ0n) is 20.0. The molecule has 0 saturated carbocycles. The Morgan fingerprint density at radius 3 is 2.44 bits per heavy atom. The van der Waals surface area contributed by atoms with Crippen LogP contribution in [0.4, 0.5) is 5.13 Å². The van der Waals surface area contributed by atoms with E-state index >= 15 is 0 Å². The number of thiazole rings is 1. The van der Waals surface area contributed by atoms with Crippen molar-refractivity contribution in [3.05, 3.63) is 85.8 Å². The van der Waals surface area contributed by atoms with Gasteiger partial charge in [0.25, 0.3) is 5.56 Å². The maximum Gasteiger partial charge on any atom is 0.281 e. The van der Waals surface area contributed by atoms with Gasteiger partial charge in [-0.15, -0.1) is 11.3 Å². The number of carbonyl (C=O) groups is 1. The SMILES string of the molecule is COc1ccc(-n2nc(C(C)=O)sc2=Nc2nc(-c3c(C)n(C)n(-c4ccccc4)c3=O)cs2)cc1. The maximum atomic E-state index is 13.4. The van der Waals surface area contributed by atoms with Crippen LogP contribution in [0.25, 0.3) is 22.6 Å². The van der Waals surface area contributed by atoms with Crippen LogP contribution in [-0.2, 0) is 7.05 Å². The van der Waals surface area contributed by atoms with E-state index < -0.39 is 0 Å². The number of hydrogen-bond donors (Lipinski definition) is 0. The molecule has 2 aromatic carbocycles. The highest BCUT2D eigenvalue weighted by atomic mass is 32.1. The van der Waals surface area contributed by atoms with E-state index in [0.29, 0.717) is 31.9 Å². The highest BCUT2D eigenvalue weighted by molar-refractivity contribution is 7.14. The minimum atomic E-state index is -0.150. The molecule has 0 atom stereocenters. The third kappa shape index (κ3) is 4.23. The number of ketones is 1. The first-order valence-electron chi connectivity index (χ1n) is 11.0. The number of aromatic nitrogens is 5. The fourth-order valence-corrected chi connectivity index (χ4v) is 5.30. The lowest BCUT2D eigenvalue weighted by molar-refractivity contribution is 0.101. The van der Waals surface area contributed by atoms with E-state index in [9.17, 15) is 9.59 Å². The molecule has 0 aliphatic carbocycles. The third-order valence-corrected chi connectivity index (χ3v) is 7.42. The second-order valence-corrected chi connectivity index (χ2v) is 9.71. The fraction of sp³-hybridized carbons (Fsp3) is 0.160. The molecule has 0 N–H and O–H groups in total. The summed E-state index contributed by atoms with van der Waals surface area (Å²) in [7, 11) is 3.45. The Balaban J connectivity index is 1.59. The van der Waals surface area contributed by atoms with Gasteiger partial charge in [-0.05, 0) is 43.3 Å². The highest BCUT2D eigenvalue weighted by Crippen LogP contribution is 2.27. The average molecular weight is 519 g/mol. The minimum Gasteiger partial charge on any atom is -0.497 e. The van der Waals surface area contributed by atoms with Crippen LogP contribution < -0.4 is 15.1 Å². The summed E-state index contributed by atoms with van der Waals surface area (Å²) in [5.74, 6) is 0.564. The molecule has 0 radical (unpaired) electrons. The number of hydrogen-bond acceptors (Lipinski definition) is 8. The molecule has 182 valence electrons. The summed E-state index contributed by atoms with van der Waals surface area (Å²) in [5, 5.41) is 7.06. The largest absolute Gasteiger partial charge is 0.497 e. The van der Waals surface area contributed by atoms with Gasteiger partial charge in [0.15, 0.2) is 10.8 Å². The molecule has 0 spiro atoms. The number of methoxy groups -OCH3 is 1. The number of benzene rings is 2. The van der Waals surface area contributed by atoms with Crippen molar-refractivity contribution in [1.82, 2.24) is 24.1 Å². The van der Waals surface area contributed by atoms with Crippen LogP contribution in [-0.4, -0.2) is 37.0 Å². The number of para-hydroxylation sites is 1. The third-order valence-electron chi connectivity index (χ3n) is 5.67. The predicted molar refractivity (Wildman–Crippen MR) is 140 cm³/mol. The van der Waals surface area contributed by atoms with Crippen LogP contribution in [0.3, 0.4) is 0 Å². The average Bonchev–Trinajstić information content (AvgIpc) is 3.57. The predicted octanol–water partition coefficient (Wildman–Crippen LogP) is 4.30. The minimum absolute atomic E-state index is 0.148. The van der Waals surface area contributed by atoms with E-state index in [1.807, 2.05) is 78.6 Å². The smallest absolute Gasteiger partial charge is 0.281 e. The van der Waals surface area contributed by atoms with Gasteiger partial charge in [0.1, 0.15) is 5.75 Å². The van der Waals surface area contributed by atoms with Crippen LogP contribution in [0.1, 0.15) is 22.4 Å². The van der Waals surface area contributed by atoms with E-state index in [2.05, 4.69) is 15.1 Å². The van der Waals surface area contributed by atoms with Crippen LogP contribution in [0.5, 0.6) is 5.75 Å². The quantitative estimate of drug-likeness (QED) is 0.312. The molecule has 3 heterocycles. The lowest BCUT2D eigenvalue weighted by Gasteiger charge is -2.07. The van der Waals surface area contributed by atoms with E-state index in [4.69, 9.17) is 4.74 Å². The lowest BCUT2D eigenvalue weighted by atomic mass is 10.2. The zero-order valence-corrected chi connectivity index (χ0v) is 21.6. The molecule has 5 rings (SSSR count). The Bertz CT molecular complexity index is 1690. The molecular weight excluding hydrogens is 496 g/mol. The molecule has 0 amide bonds. The van der Waals surface area contributed by atoms with Crippen molar-refractivity contribution in [3.63, 3.8) is 0 Å². The summed E-state index contributed by atoms with van der Waals surface area (Å²) in [6.07, 6.45) is 0. The molecule has 3 aromatic heterocycles. The molecule has 11 heteroatoms. The molecule has 5 aromatic rings. The van der Waals surface area contributed by atoms with Crippen LogP contribution >= 0.6 is 22.7 Å². The molecule has 0 aliphatic heterocycles. The van der Waals surface area contributed by atoms with Crippen molar-refractivity contribution >= 4 is 33.6 Å². The summed E-state index contributed by atoms with van der Waals surface area (Å²) in [6, 6.07) is 16.8. The first-order valence-corrected chi connectivity index (χ1v) is 12.7. The van der Waals surface area contributed by atoms with E-state index in [0.717, 1.165) is 17.1 Å². The standard InChI is InChI=1S/C25H22N6O3S2/c1-15-21(23(33)31(29(15)3)18-8-6-5-7-9-18)20-14-35-24(26-20)27-25-30(28-22(36-25)16(2)32)17-10-12-19(34-4)13-11-17/h5-14H,1-4H3. The van der Waals surface area contributed by atoms with Crippen molar-refractivity contribution in [3.8, 4) is 28.4 Å². The van der Waals surface area contributed by atoms with Crippen LogP contribution in [0.15, 0.2) is 69.8 Å². The maximum absolute atomic E-state index is 13.4. The van der Waals surface area contributed by atoms with Crippen LogP contribution in [0, 0.1) is 6.92 Å². The summed E-state index contributed by atoms with van der Waals surface area (Å²) in [5.41, 5.74) is 3.24. The second-order valence-electron chi connectivity index (χ2n) is 7.92. The Morgan fingerprint density at radius 1 is 1.06 bits per heavy atom. The summed E-state index contributed by atoms with van der Waals surface area (Å²) < 4.78 is 10.3. The first-order chi connectivity index (χ1) is 17.4. The summed E-state index contributed by atoms with van der Waals surface area (Å²) >= 11 is 2.50. The molecule has 0 fully saturated rings. The lowest BCUT2D eigenvalue weighted by Crippen LogP contribution is -2.20. The van der Waals surface area contributed by atoms with Crippen molar-refractivity contribution in [2.45, 2.75) is 13.8 Å². The number of rotatable bonds is 6. The number of carbonyl (C=O) groups excluding carboxylic acids is 1. The Morgan fingerprint density at radius 2 is 1.78 bits per heavy atom. The second kappa shape index (κ2) is 9.51. The van der Waals surface area contributed by atoms with Crippen molar-refractivity contribution in [1.29, 1.82) is 0 Å². The zero-order chi connectivity index (χ0) is 25.4. The number of nitrogens with zero attached hydrogens (tertiary/aromatic N) is 6. The molecule has 0 unspecified atom stereocenters. The number of ether oxygens (including phenoxy) is 1. The molecule has 36 heavy (non-hydrogen) atoms. The van der Waals surface area contributed by atoms with Crippen molar-refractivity contribution in [2.75, 3.05) is 7.11 Å². The molecule has 9 nitrogen and oxygen atoms in total. The Kier molecular flexibility index (Phi) is 6.25. The van der Waals surface area contributed by atoms with Gasteiger partial charge in [-0.2, -0.15) is 10.1 Å². The van der Waals surface area contributed by atoms with E-state index in [-0.39, 0.29) is 11.3 Å². The normalized spacial score (nSPS) is 11.7. The molecule has 0 bridgehead atoms.